The fraction of sp³-hybridized carbons (Fsp3) is 0.500. The lowest BCUT2D eigenvalue weighted by atomic mass is 9.93. The number of amides is 1. The highest BCUT2D eigenvalue weighted by molar-refractivity contribution is 6.30. The smallest absolute Gasteiger partial charge is 0.344 e. The zero-order chi connectivity index (χ0) is 26.1. The van der Waals surface area contributed by atoms with E-state index < -0.39 is 11.8 Å². The van der Waals surface area contributed by atoms with Crippen LogP contribution < -0.4 is 15.0 Å². The second-order valence-corrected chi connectivity index (χ2v) is 10.0. The molecule has 3 rings (SSSR count). The molecule has 1 N–H and O–H groups in total. The lowest BCUT2D eigenvalue weighted by molar-refractivity contribution is -0.145. The van der Waals surface area contributed by atoms with E-state index in [2.05, 4.69) is 24.1 Å². The maximum absolute atomic E-state index is 14.3. The summed E-state index contributed by atoms with van der Waals surface area (Å²) in [6.07, 6.45) is 5.65. The first-order valence-corrected chi connectivity index (χ1v) is 13.1. The molecule has 1 amide bonds. The molecular weight excluding hydrogens is 483 g/mol. The standard InChI is InChI=1S/C28H36ClFN2O4/c1-4-35-28(34)18-36-23-12-13-26(32(17-19(2)3)22-8-6-5-7-9-22)25(16-23)31-27(33)14-20-10-11-21(29)15-24(20)30/h10-13,15-16,19,22H,4-9,14,17-18H2,1-3H3,(H,31,33). The van der Waals surface area contributed by atoms with Gasteiger partial charge in [-0.25, -0.2) is 9.18 Å². The van der Waals surface area contributed by atoms with E-state index in [4.69, 9.17) is 21.1 Å². The average molecular weight is 519 g/mol. The molecule has 0 heterocycles. The fourth-order valence-electron chi connectivity index (χ4n) is 4.56. The minimum atomic E-state index is -0.520. The number of carbonyl (C=O) groups is 2. The Morgan fingerprint density at radius 2 is 1.89 bits per heavy atom. The van der Waals surface area contributed by atoms with Crippen molar-refractivity contribution in [3.8, 4) is 5.75 Å². The van der Waals surface area contributed by atoms with Crippen molar-refractivity contribution in [1.82, 2.24) is 0 Å². The number of nitrogens with zero attached hydrogens (tertiary/aromatic N) is 1. The zero-order valence-electron chi connectivity index (χ0n) is 21.3. The summed E-state index contributed by atoms with van der Waals surface area (Å²) in [7, 11) is 0. The van der Waals surface area contributed by atoms with Crippen molar-refractivity contribution in [2.45, 2.75) is 65.3 Å². The van der Waals surface area contributed by atoms with Crippen molar-refractivity contribution in [3.05, 3.63) is 52.8 Å². The molecule has 2 aromatic rings. The number of carbonyl (C=O) groups excluding carboxylic acids is 2. The molecular formula is C28H36ClFN2O4. The van der Waals surface area contributed by atoms with Crippen LogP contribution >= 0.6 is 11.6 Å². The van der Waals surface area contributed by atoms with Gasteiger partial charge in [-0.2, -0.15) is 0 Å². The summed E-state index contributed by atoms with van der Waals surface area (Å²) < 4.78 is 24.9. The normalized spacial score (nSPS) is 13.9. The van der Waals surface area contributed by atoms with Crippen molar-refractivity contribution in [2.75, 3.05) is 30.0 Å². The maximum atomic E-state index is 14.3. The summed E-state index contributed by atoms with van der Waals surface area (Å²) in [5.41, 5.74) is 1.73. The van der Waals surface area contributed by atoms with Gasteiger partial charge in [0.25, 0.3) is 0 Å². The summed E-state index contributed by atoms with van der Waals surface area (Å²) in [6, 6.07) is 10.1. The van der Waals surface area contributed by atoms with Crippen LogP contribution in [0.4, 0.5) is 15.8 Å². The van der Waals surface area contributed by atoms with Gasteiger partial charge < -0.3 is 19.7 Å². The highest BCUT2D eigenvalue weighted by Gasteiger charge is 2.25. The largest absolute Gasteiger partial charge is 0.482 e. The lowest BCUT2D eigenvalue weighted by Gasteiger charge is -2.38. The molecule has 0 atom stereocenters. The highest BCUT2D eigenvalue weighted by atomic mass is 35.5. The van der Waals surface area contributed by atoms with Crippen molar-refractivity contribution in [3.63, 3.8) is 0 Å². The zero-order valence-corrected chi connectivity index (χ0v) is 22.1. The van der Waals surface area contributed by atoms with E-state index >= 15 is 0 Å². The van der Waals surface area contributed by atoms with Crippen LogP contribution in [0.2, 0.25) is 5.02 Å². The van der Waals surface area contributed by atoms with E-state index in [1.54, 1.807) is 25.1 Å². The van der Waals surface area contributed by atoms with Gasteiger partial charge in [-0.1, -0.05) is 50.8 Å². The van der Waals surface area contributed by atoms with Gasteiger partial charge in [0, 0.05) is 23.7 Å². The maximum Gasteiger partial charge on any atom is 0.344 e. The number of esters is 1. The van der Waals surface area contributed by atoms with Gasteiger partial charge in [0.15, 0.2) is 6.61 Å². The van der Waals surface area contributed by atoms with Gasteiger partial charge in [-0.05, 0) is 55.5 Å². The quantitative estimate of drug-likeness (QED) is 0.349. The molecule has 0 unspecified atom stereocenters. The summed E-state index contributed by atoms with van der Waals surface area (Å²) >= 11 is 5.85. The van der Waals surface area contributed by atoms with Crippen LogP contribution in [0.25, 0.3) is 0 Å². The molecule has 0 aliphatic heterocycles. The predicted octanol–water partition coefficient (Wildman–Crippen LogP) is 6.40. The molecule has 1 fully saturated rings. The Bertz CT molecular complexity index is 1040. The first-order chi connectivity index (χ1) is 17.3. The van der Waals surface area contributed by atoms with Gasteiger partial charge in [-0.3, -0.25) is 4.79 Å². The number of halogens is 2. The molecule has 1 aliphatic carbocycles. The third-order valence-corrected chi connectivity index (χ3v) is 6.39. The molecule has 36 heavy (non-hydrogen) atoms. The molecule has 1 saturated carbocycles. The van der Waals surface area contributed by atoms with Crippen LogP contribution in [0.3, 0.4) is 0 Å². The number of anilines is 2. The molecule has 0 spiro atoms. The molecule has 1 aliphatic rings. The van der Waals surface area contributed by atoms with Gasteiger partial charge in [0.05, 0.1) is 24.4 Å². The third-order valence-electron chi connectivity index (χ3n) is 6.16. The molecule has 8 heteroatoms. The summed E-state index contributed by atoms with van der Waals surface area (Å²) in [5.74, 6) is -0.485. The molecule has 0 bridgehead atoms. The van der Waals surface area contributed by atoms with Crippen molar-refractivity contribution < 1.29 is 23.5 Å². The number of nitrogens with one attached hydrogen (secondary N) is 1. The Labute approximate surface area is 218 Å². The Hall–Kier alpha value is -2.80. The molecule has 6 nitrogen and oxygen atoms in total. The minimum absolute atomic E-state index is 0.135. The predicted molar refractivity (Wildman–Crippen MR) is 141 cm³/mol. The second-order valence-electron chi connectivity index (χ2n) is 9.57. The number of ether oxygens (including phenoxy) is 2. The SMILES string of the molecule is CCOC(=O)COc1ccc(N(CC(C)C)C2CCCCC2)c(NC(=O)Cc2ccc(Cl)cc2F)c1. The first-order valence-electron chi connectivity index (χ1n) is 12.7. The van der Waals surface area contributed by atoms with Crippen molar-refractivity contribution in [2.24, 2.45) is 5.92 Å². The number of rotatable bonds is 11. The number of benzene rings is 2. The van der Waals surface area contributed by atoms with Crippen LogP contribution in [0.1, 0.15) is 58.4 Å². The highest BCUT2D eigenvalue weighted by Crippen LogP contribution is 2.36. The van der Waals surface area contributed by atoms with Gasteiger partial charge in [0.2, 0.25) is 5.91 Å². The fourth-order valence-corrected chi connectivity index (χ4v) is 4.72. The van der Waals surface area contributed by atoms with E-state index in [-0.39, 0.29) is 36.1 Å². The molecule has 0 aromatic heterocycles. The third kappa shape index (κ3) is 8.12. The van der Waals surface area contributed by atoms with Crippen molar-refractivity contribution in [1.29, 1.82) is 0 Å². The first kappa shape index (κ1) is 27.8. The van der Waals surface area contributed by atoms with Crippen LogP contribution in [0.5, 0.6) is 5.75 Å². The van der Waals surface area contributed by atoms with E-state index in [9.17, 15) is 14.0 Å². The number of hydrogen-bond acceptors (Lipinski definition) is 5. The minimum Gasteiger partial charge on any atom is -0.482 e. The molecule has 196 valence electrons. The summed E-state index contributed by atoms with van der Waals surface area (Å²) in [5, 5.41) is 3.25. The van der Waals surface area contributed by atoms with Crippen molar-refractivity contribution >= 4 is 34.9 Å². The Morgan fingerprint density at radius 1 is 1.14 bits per heavy atom. The van der Waals surface area contributed by atoms with Gasteiger partial charge in [0.1, 0.15) is 11.6 Å². The Balaban J connectivity index is 1.89. The average Bonchev–Trinajstić information content (AvgIpc) is 2.84. The summed E-state index contributed by atoms with van der Waals surface area (Å²) in [6.45, 7) is 6.97. The molecule has 0 saturated heterocycles. The lowest BCUT2D eigenvalue weighted by Crippen LogP contribution is -2.40. The van der Waals surface area contributed by atoms with Gasteiger partial charge in [-0.15, -0.1) is 0 Å². The van der Waals surface area contributed by atoms with E-state index in [1.165, 1.54) is 31.4 Å². The van der Waals surface area contributed by atoms with Crippen LogP contribution in [0, 0.1) is 11.7 Å². The van der Waals surface area contributed by atoms with E-state index in [0.29, 0.717) is 23.4 Å². The van der Waals surface area contributed by atoms with E-state index in [1.807, 2.05) is 6.07 Å². The summed E-state index contributed by atoms with van der Waals surface area (Å²) in [4.78, 5) is 27.2. The Kier molecular flexibility index (Phi) is 10.4. The van der Waals surface area contributed by atoms with Crippen LogP contribution in [-0.2, 0) is 20.7 Å². The molecule has 0 radical (unpaired) electrons. The van der Waals surface area contributed by atoms with Gasteiger partial charge >= 0.3 is 5.97 Å². The monoisotopic (exact) mass is 518 g/mol. The topological polar surface area (TPSA) is 67.9 Å². The van der Waals surface area contributed by atoms with Crippen LogP contribution in [-0.4, -0.2) is 37.7 Å². The molecule has 2 aromatic carbocycles. The Morgan fingerprint density at radius 3 is 2.56 bits per heavy atom. The number of hydrogen-bond donors (Lipinski definition) is 1. The van der Waals surface area contributed by atoms with Crippen LogP contribution in [0.15, 0.2) is 36.4 Å². The van der Waals surface area contributed by atoms with E-state index in [0.717, 1.165) is 25.1 Å². The second kappa shape index (κ2) is 13.5.